The second-order valence-electron chi connectivity index (χ2n) is 3.26. The summed E-state index contributed by atoms with van der Waals surface area (Å²) in [6.07, 6.45) is 0. The van der Waals surface area contributed by atoms with Crippen molar-refractivity contribution in [2.45, 2.75) is 13.8 Å². The van der Waals surface area contributed by atoms with Crippen molar-refractivity contribution in [3.8, 4) is 0 Å². The second-order valence-corrected chi connectivity index (χ2v) is 3.26. The second kappa shape index (κ2) is 5.13. The van der Waals surface area contributed by atoms with E-state index in [1.807, 2.05) is 11.9 Å². The molecule has 0 aromatic heterocycles. The summed E-state index contributed by atoms with van der Waals surface area (Å²) in [6, 6.07) is 0. The number of carbonyl (C=O) groups is 1. The van der Waals surface area contributed by atoms with Gasteiger partial charge in [-0.25, -0.2) is 0 Å². The Balaban J connectivity index is 3.51. The molecule has 0 aliphatic rings. The lowest BCUT2D eigenvalue weighted by molar-refractivity contribution is -0.121. The molecule has 0 atom stereocenters. The van der Waals surface area contributed by atoms with Crippen LogP contribution in [-0.4, -0.2) is 38.0 Å². The highest BCUT2D eigenvalue weighted by Crippen LogP contribution is 1.94. The lowest BCUT2D eigenvalue weighted by atomic mass is 10.2. The first kappa shape index (κ1) is 10.4. The zero-order valence-electron chi connectivity index (χ0n) is 7.85. The highest BCUT2D eigenvalue weighted by molar-refractivity contribution is 5.77. The summed E-state index contributed by atoms with van der Waals surface area (Å²) in [7, 11) is 3.61. The number of carbonyl (C=O) groups excluding carboxylic acids is 1. The Kier molecular flexibility index (Phi) is 4.86. The van der Waals surface area contributed by atoms with Gasteiger partial charge in [0.25, 0.3) is 0 Å². The van der Waals surface area contributed by atoms with Crippen LogP contribution in [0.25, 0.3) is 0 Å². The Morgan fingerprint density at radius 1 is 1.55 bits per heavy atom. The highest BCUT2D eigenvalue weighted by Gasteiger charge is 2.05. The van der Waals surface area contributed by atoms with Crippen molar-refractivity contribution in [3.05, 3.63) is 0 Å². The normalized spacial score (nSPS) is 10.7. The van der Waals surface area contributed by atoms with Gasteiger partial charge in [-0.15, -0.1) is 0 Å². The third-order valence-corrected chi connectivity index (χ3v) is 1.37. The van der Waals surface area contributed by atoms with Crippen LogP contribution in [0.5, 0.6) is 0 Å². The third-order valence-electron chi connectivity index (χ3n) is 1.37. The molecule has 0 spiro atoms. The minimum absolute atomic E-state index is 0.0770. The molecular weight excluding hydrogens is 140 g/mol. The Labute approximate surface area is 68.8 Å². The smallest absolute Gasteiger partial charge is 0.233 e. The molecule has 1 amide bonds. The first-order chi connectivity index (χ1) is 5.06. The van der Waals surface area contributed by atoms with Crippen LogP contribution in [0.3, 0.4) is 0 Å². The molecule has 0 heterocycles. The van der Waals surface area contributed by atoms with Crippen LogP contribution >= 0.6 is 0 Å². The molecule has 0 radical (unpaired) electrons. The molecule has 0 fully saturated rings. The van der Waals surface area contributed by atoms with E-state index in [1.54, 1.807) is 7.05 Å². The topological polar surface area (TPSA) is 32.3 Å². The minimum Gasteiger partial charge on any atom is -0.358 e. The molecule has 0 rings (SSSR count). The van der Waals surface area contributed by atoms with Gasteiger partial charge in [0.1, 0.15) is 0 Å². The lowest BCUT2D eigenvalue weighted by Gasteiger charge is -2.17. The van der Waals surface area contributed by atoms with Gasteiger partial charge in [0.15, 0.2) is 0 Å². The summed E-state index contributed by atoms with van der Waals surface area (Å²) in [5.74, 6) is 0.692. The predicted molar refractivity (Wildman–Crippen MR) is 46.4 cm³/mol. The zero-order chi connectivity index (χ0) is 8.85. The van der Waals surface area contributed by atoms with E-state index in [0.717, 1.165) is 6.54 Å². The van der Waals surface area contributed by atoms with Crippen LogP contribution in [-0.2, 0) is 4.79 Å². The fraction of sp³-hybridized carbons (Fsp3) is 0.875. The number of hydrogen-bond acceptors (Lipinski definition) is 2. The maximum absolute atomic E-state index is 10.9. The fourth-order valence-electron chi connectivity index (χ4n) is 1.01. The maximum Gasteiger partial charge on any atom is 0.233 e. The van der Waals surface area contributed by atoms with Crippen molar-refractivity contribution < 1.29 is 4.79 Å². The van der Waals surface area contributed by atoms with Crippen molar-refractivity contribution in [2.75, 3.05) is 27.2 Å². The standard InChI is InChI=1S/C8H18N2O/c1-7(2)5-10(4)6-8(11)9-3/h7H,5-6H2,1-4H3,(H,9,11). The van der Waals surface area contributed by atoms with Gasteiger partial charge >= 0.3 is 0 Å². The lowest BCUT2D eigenvalue weighted by Crippen LogP contribution is -2.34. The number of likely N-dealkylation sites (N-methyl/N-ethyl adjacent to an activating group) is 2. The summed E-state index contributed by atoms with van der Waals surface area (Å²) >= 11 is 0. The van der Waals surface area contributed by atoms with E-state index in [-0.39, 0.29) is 5.91 Å². The molecule has 0 aromatic carbocycles. The van der Waals surface area contributed by atoms with Crippen LogP contribution < -0.4 is 5.32 Å². The van der Waals surface area contributed by atoms with Crippen LogP contribution in [0.1, 0.15) is 13.8 Å². The van der Waals surface area contributed by atoms with E-state index in [1.165, 1.54) is 0 Å². The average Bonchev–Trinajstić information content (AvgIpc) is 1.85. The molecular formula is C8H18N2O. The molecule has 0 aliphatic heterocycles. The Morgan fingerprint density at radius 3 is 2.45 bits per heavy atom. The van der Waals surface area contributed by atoms with Crippen LogP contribution in [0.2, 0.25) is 0 Å². The molecule has 0 bridgehead atoms. The fourth-order valence-corrected chi connectivity index (χ4v) is 1.01. The van der Waals surface area contributed by atoms with Gasteiger partial charge in [-0.1, -0.05) is 13.8 Å². The first-order valence-electron chi connectivity index (χ1n) is 3.95. The summed E-state index contributed by atoms with van der Waals surface area (Å²) in [5.41, 5.74) is 0. The SMILES string of the molecule is CNC(=O)CN(C)CC(C)C. The minimum atomic E-state index is 0.0770. The Morgan fingerprint density at radius 2 is 2.09 bits per heavy atom. The quantitative estimate of drug-likeness (QED) is 0.639. The van der Waals surface area contributed by atoms with E-state index < -0.39 is 0 Å². The summed E-state index contributed by atoms with van der Waals surface area (Å²) in [6.45, 7) is 5.74. The van der Waals surface area contributed by atoms with E-state index in [4.69, 9.17) is 0 Å². The van der Waals surface area contributed by atoms with Crippen LogP contribution in [0.15, 0.2) is 0 Å². The molecule has 0 unspecified atom stereocenters. The molecule has 0 aromatic rings. The van der Waals surface area contributed by atoms with Crippen molar-refractivity contribution in [3.63, 3.8) is 0 Å². The van der Waals surface area contributed by atoms with Crippen molar-refractivity contribution in [1.82, 2.24) is 10.2 Å². The molecule has 11 heavy (non-hydrogen) atoms. The van der Waals surface area contributed by atoms with E-state index in [9.17, 15) is 4.79 Å². The largest absolute Gasteiger partial charge is 0.358 e. The molecule has 0 aliphatic carbocycles. The van der Waals surface area contributed by atoms with Gasteiger partial charge < -0.3 is 5.32 Å². The van der Waals surface area contributed by atoms with Gasteiger partial charge in [0.05, 0.1) is 6.54 Å². The first-order valence-corrected chi connectivity index (χ1v) is 3.95. The Hall–Kier alpha value is -0.570. The van der Waals surface area contributed by atoms with Gasteiger partial charge in [-0.05, 0) is 13.0 Å². The van der Waals surface area contributed by atoms with Crippen LogP contribution in [0, 0.1) is 5.92 Å². The van der Waals surface area contributed by atoms with Gasteiger partial charge in [-0.2, -0.15) is 0 Å². The van der Waals surface area contributed by atoms with Crippen molar-refractivity contribution in [1.29, 1.82) is 0 Å². The maximum atomic E-state index is 10.9. The molecule has 66 valence electrons. The highest BCUT2D eigenvalue weighted by atomic mass is 16.1. The number of amides is 1. The molecule has 0 saturated heterocycles. The number of nitrogens with zero attached hydrogens (tertiary/aromatic N) is 1. The van der Waals surface area contributed by atoms with Crippen LogP contribution in [0.4, 0.5) is 0 Å². The number of hydrogen-bond donors (Lipinski definition) is 1. The van der Waals surface area contributed by atoms with Gasteiger partial charge in [0, 0.05) is 13.6 Å². The third kappa shape index (κ3) is 5.85. The molecule has 3 nitrogen and oxygen atoms in total. The van der Waals surface area contributed by atoms with E-state index in [2.05, 4.69) is 19.2 Å². The average molecular weight is 158 g/mol. The molecule has 0 saturated carbocycles. The molecule has 3 heteroatoms. The number of rotatable bonds is 4. The van der Waals surface area contributed by atoms with Gasteiger partial charge in [-0.3, -0.25) is 9.69 Å². The van der Waals surface area contributed by atoms with Crippen molar-refractivity contribution in [2.24, 2.45) is 5.92 Å². The zero-order valence-corrected chi connectivity index (χ0v) is 7.85. The van der Waals surface area contributed by atoms with Gasteiger partial charge in [0.2, 0.25) is 5.91 Å². The summed E-state index contributed by atoms with van der Waals surface area (Å²) in [5, 5.41) is 2.59. The monoisotopic (exact) mass is 158 g/mol. The number of nitrogens with one attached hydrogen (secondary N) is 1. The summed E-state index contributed by atoms with van der Waals surface area (Å²) in [4.78, 5) is 12.9. The van der Waals surface area contributed by atoms with E-state index >= 15 is 0 Å². The Bertz CT molecular complexity index is 123. The van der Waals surface area contributed by atoms with E-state index in [0.29, 0.717) is 12.5 Å². The van der Waals surface area contributed by atoms with Crippen molar-refractivity contribution >= 4 is 5.91 Å². The molecule has 1 N–H and O–H groups in total. The predicted octanol–water partition coefficient (Wildman–Crippen LogP) is 0.320. The summed E-state index contributed by atoms with van der Waals surface area (Å²) < 4.78 is 0.